The number of aromatic nitrogens is 4. The number of hydrogen-bond donors (Lipinski definition) is 0. The van der Waals surface area contributed by atoms with Crippen molar-refractivity contribution in [1.29, 1.82) is 0 Å². The number of aryl methyl sites for hydroxylation is 4. The molecule has 290 valence electrons. The van der Waals surface area contributed by atoms with Crippen molar-refractivity contribution in [2.24, 2.45) is 0 Å². The van der Waals surface area contributed by atoms with Gasteiger partial charge in [0, 0.05) is 55.0 Å². The maximum atomic E-state index is 5.57. The molecule has 11 rings (SSSR count). The third-order valence-electron chi connectivity index (χ3n) is 11.9. The molecule has 0 bridgehead atoms. The summed E-state index contributed by atoms with van der Waals surface area (Å²) in [5.74, 6) is 0.724. The molecule has 3 aromatic heterocycles. The Hall–Kier alpha value is -7.69. The Morgan fingerprint density at radius 1 is 0.344 bits per heavy atom. The first-order valence-corrected chi connectivity index (χ1v) is 20.9. The van der Waals surface area contributed by atoms with Crippen molar-refractivity contribution in [1.82, 2.24) is 19.5 Å². The van der Waals surface area contributed by atoms with Crippen LogP contribution in [0, 0.1) is 27.7 Å². The monoisotopic (exact) mass is 782 g/mol. The average Bonchev–Trinajstić information content (AvgIpc) is 3.61. The van der Waals surface area contributed by atoms with Crippen LogP contribution in [-0.4, -0.2) is 19.5 Å². The highest BCUT2D eigenvalue weighted by molar-refractivity contribution is 6.21. The predicted octanol–water partition coefficient (Wildman–Crippen LogP) is 14.8. The molecule has 0 fully saturated rings. The highest BCUT2D eigenvalue weighted by Gasteiger charge is 2.19. The van der Waals surface area contributed by atoms with Crippen LogP contribution >= 0.6 is 0 Å². The average molecular weight is 783 g/mol. The Kier molecular flexibility index (Phi) is 8.68. The predicted molar refractivity (Wildman–Crippen MR) is 255 cm³/mol. The molecule has 0 N–H and O–H groups in total. The first-order valence-electron chi connectivity index (χ1n) is 20.9. The van der Waals surface area contributed by atoms with Crippen molar-refractivity contribution in [2.45, 2.75) is 27.7 Å². The molecule has 61 heavy (non-hydrogen) atoms. The maximum absolute atomic E-state index is 5.57. The van der Waals surface area contributed by atoms with Gasteiger partial charge >= 0.3 is 0 Å². The smallest absolute Gasteiger partial charge is 0.160 e. The van der Waals surface area contributed by atoms with E-state index in [4.69, 9.17) is 15.0 Å². The van der Waals surface area contributed by atoms with Crippen LogP contribution in [0.25, 0.3) is 105 Å². The van der Waals surface area contributed by atoms with E-state index in [0.29, 0.717) is 0 Å². The van der Waals surface area contributed by atoms with E-state index >= 15 is 0 Å². The van der Waals surface area contributed by atoms with E-state index in [1.54, 1.807) is 0 Å². The van der Waals surface area contributed by atoms with Crippen LogP contribution < -0.4 is 0 Å². The first-order chi connectivity index (χ1) is 29.8. The number of para-hydroxylation sites is 3. The van der Waals surface area contributed by atoms with Crippen LogP contribution in [0.3, 0.4) is 0 Å². The standard InChI is InChI=1S/C57H42N4/c1-35-26-36(2)29-42(28-35)52-34-51(58-57(59-52)43-30-37(3)27-38(4)31-43)40-24-22-39(23-25-40)45-19-13-20-47-48-33-54-49(32-50(48)55(60-56(45)47)41-14-7-5-8-15-41)46-18-11-12-21-53(46)61(54)44-16-9-6-10-17-44/h5-34H,1-4H3. The lowest BCUT2D eigenvalue weighted by molar-refractivity contribution is 1.17. The molecule has 11 aromatic rings. The van der Waals surface area contributed by atoms with Crippen molar-refractivity contribution in [3.05, 3.63) is 204 Å². The van der Waals surface area contributed by atoms with Gasteiger partial charge in [0.15, 0.2) is 5.82 Å². The second-order valence-electron chi connectivity index (χ2n) is 16.4. The summed E-state index contributed by atoms with van der Waals surface area (Å²) in [6.45, 7) is 8.53. The van der Waals surface area contributed by atoms with Crippen LogP contribution in [-0.2, 0) is 0 Å². The van der Waals surface area contributed by atoms with Gasteiger partial charge in [0.2, 0.25) is 0 Å². The zero-order chi connectivity index (χ0) is 41.2. The lowest BCUT2D eigenvalue weighted by Gasteiger charge is -2.15. The second kappa shape index (κ2) is 14.5. The lowest BCUT2D eigenvalue weighted by Crippen LogP contribution is -1.97. The van der Waals surface area contributed by atoms with E-state index in [1.807, 2.05) is 0 Å². The van der Waals surface area contributed by atoms with Gasteiger partial charge in [0.1, 0.15) is 0 Å². The van der Waals surface area contributed by atoms with Crippen molar-refractivity contribution in [3.8, 4) is 62.0 Å². The van der Waals surface area contributed by atoms with Gasteiger partial charge in [0.05, 0.1) is 33.6 Å². The Bertz CT molecular complexity index is 3380. The summed E-state index contributed by atoms with van der Waals surface area (Å²) in [6, 6.07) is 65.4. The van der Waals surface area contributed by atoms with Gasteiger partial charge in [-0.15, -0.1) is 0 Å². The zero-order valence-corrected chi connectivity index (χ0v) is 34.6. The quantitative estimate of drug-likeness (QED) is 0.158. The molecule has 8 aromatic carbocycles. The first kappa shape index (κ1) is 36.4. The molecule has 0 aliphatic heterocycles. The summed E-state index contributed by atoms with van der Waals surface area (Å²) in [6.07, 6.45) is 0. The molecule has 0 saturated carbocycles. The highest BCUT2D eigenvalue weighted by atomic mass is 15.0. The molecule has 0 amide bonds. The van der Waals surface area contributed by atoms with E-state index in [1.165, 1.54) is 49.4 Å². The van der Waals surface area contributed by atoms with Gasteiger partial charge in [-0.05, 0) is 99.3 Å². The molecule has 0 unspecified atom stereocenters. The fourth-order valence-corrected chi connectivity index (χ4v) is 9.31. The second-order valence-corrected chi connectivity index (χ2v) is 16.4. The van der Waals surface area contributed by atoms with Gasteiger partial charge in [0.25, 0.3) is 0 Å². The summed E-state index contributed by atoms with van der Waals surface area (Å²) in [4.78, 5) is 15.9. The Morgan fingerprint density at radius 2 is 0.934 bits per heavy atom. The topological polar surface area (TPSA) is 43.6 Å². The minimum atomic E-state index is 0.724. The van der Waals surface area contributed by atoms with E-state index in [2.05, 4.69) is 214 Å². The Labute approximate surface area is 355 Å². The van der Waals surface area contributed by atoms with E-state index in [-0.39, 0.29) is 0 Å². The van der Waals surface area contributed by atoms with Crippen LogP contribution in [0.2, 0.25) is 0 Å². The molecule has 0 aliphatic rings. The lowest BCUT2D eigenvalue weighted by atomic mass is 9.94. The number of rotatable bonds is 6. The molecule has 0 atom stereocenters. The van der Waals surface area contributed by atoms with Gasteiger partial charge in [-0.1, -0.05) is 144 Å². The maximum Gasteiger partial charge on any atom is 0.160 e. The third-order valence-corrected chi connectivity index (χ3v) is 11.9. The molecule has 0 spiro atoms. The third kappa shape index (κ3) is 6.45. The van der Waals surface area contributed by atoms with Crippen molar-refractivity contribution < 1.29 is 0 Å². The molecule has 3 heterocycles. The molecule has 4 nitrogen and oxygen atoms in total. The molecular weight excluding hydrogens is 741 g/mol. The van der Waals surface area contributed by atoms with Crippen molar-refractivity contribution >= 4 is 43.5 Å². The van der Waals surface area contributed by atoms with Gasteiger partial charge in [-0.3, -0.25) is 0 Å². The summed E-state index contributed by atoms with van der Waals surface area (Å²) in [5, 5.41) is 5.87. The minimum Gasteiger partial charge on any atom is -0.309 e. The summed E-state index contributed by atoms with van der Waals surface area (Å²) >= 11 is 0. The molecular formula is C57H42N4. The summed E-state index contributed by atoms with van der Waals surface area (Å²) in [5.41, 5.74) is 18.5. The van der Waals surface area contributed by atoms with Crippen molar-refractivity contribution in [3.63, 3.8) is 0 Å². The van der Waals surface area contributed by atoms with E-state index in [0.717, 1.165) is 78.3 Å². The fourth-order valence-electron chi connectivity index (χ4n) is 9.31. The minimum absolute atomic E-state index is 0.724. The molecule has 0 aliphatic carbocycles. The number of nitrogens with zero attached hydrogens (tertiary/aromatic N) is 4. The van der Waals surface area contributed by atoms with Crippen LogP contribution in [0.1, 0.15) is 22.3 Å². The van der Waals surface area contributed by atoms with E-state index < -0.39 is 0 Å². The van der Waals surface area contributed by atoms with Crippen LogP contribution in [0.4, 0.5) is 0 Å². The number of benzene rings is 8. The molecule has 0 saturated heterocycles. The van der Waals surface area contributed by atoms with Gasteiger partial charge in [-0.25, -0.2) is 15.0 Å². The number of hydrogen-bond acceptors (Lipinski definition) is 3. The van der Waals surface area contributed by atoms with Gasteiger partial charge < -0.3 is 4.57 Å². The zero-order valence-electron chi connectivity index (χ0n) is 34.6. The Morgan fingerprint density at radius 3 is 1.64 bits per heavy atom. The Balaban J connectivity index is 1.10. The highest BCUT2D eigenvalue weighted by Crippen LogP contribution is 2.42. The number of fused-ring (bicyclic) bond motifs is 6. The summed E-state index contributed by atoms with van der Waals surface area (Å²) < 4.78 is 2.39. The van der Waals surface area contributed by atoms with Crippen LogP contribution in [0.5, 0.6) is 0 Å². The van der Waals surface area contributed by atoms with Crippen molar-refractivity contribution in [2.75, 3.05) is 0 Å². The SMILES string of the molecule is Cc1cc(C)cc(-c2cc(-c3ccc(-c4cccc5c4nc(-c4ccccc4)c4cc6c7ccccc7n(-c7ccccc7)c6cc45)cc3)nc(-c3cc(C)cc(C)c3)n2)c1. The molecule has 4 heteroatoms. The van der Waals surface area contributed by atoms with Gasteiger partial charge in [-0.2, -0.15) is 0 Å². The normalized spacial score (nSPS) is 11.6. The summed E-state index contributed by atoms with van der Waals surface area (Å²) in [7, 11) is 0. The number of pyridine rings is 1. The largest absolute Gasteiger partial charge is 0.309 e. The molecule has 0 radical (unpaired) electrons. The van der Waals surface area contributed by atoms with E-state index in [9.17, 15) is 0 Å². The van der Waals surface area contributed by atoms with Crippen LogP contribution in [0.15, 0.2) is 182 Å². The fraction of sp³-hybridized carbons (Fsp3) is 0.0702.